The van der Waals surface area contributed by atoms with E-state index in [0.717, 1.165) is 29.8 Å². The summed E-state index contributed by atoms with van der Waals surface area (Å²) in [6, 6.07) is 10.9. The SMILES string of the molecule is Cc1c(NC(=O)C2CC2)cccc1N/C(=N/C#N)N1CCN(C(=O)Nc2cccc(F)c2)CC1C(C)C. The van der Waals surface area contributed by atoms with Gasteiger partial charge in [-0.05, 0) is 61.6 Å². The molecule has 2 aromatic rings. The highest BCUT2D eigenvalue weighted by Gasteiger charge is 2.34. The molecule has 2 aromatic carbocycles. The minimum atomic E-state index is -0.419. The van der Waals surface area contributed by atoms with E-state index in [9.17, 15) is 19.2 Å². The third kappa shape index (κ3) is 6.36. The zero-order valence-corrected chi connectivity index (χ0v) is 21.3. The Hall–Kier alpha value is -4.13. The summed E-state index contributed by atoms with van der Waals surface area (Å²) in [4.78, 5) is 33.0. The molecule has 2 aliphatic rings. The Kier molecular flexibility index (Phi) is 7.92. The van der Waals surface area contributed by atoms with Crippen LogP contribution in [0.5, 0.6) is 0 Å². The topological polar surface area (TPSA) is 113 Å². The molecule has 1 aliphatic carbocycles. The molecule has 37 heavy (non-hydrogen) atoms. The fourth-order valence-corrected chi connectivity index (χ4v) is 4.42. The Labute approximate surface area is 216 Å². The Morgan fingerprint density at radius 3 is 2.43 bits per heavy atom. The summed E-state index contributed by atoms with van der Waals surface area (Å²) in [6.07, 6.45) is 3.73. The summed E-state index contributed by atoms with van der Waals surface area (Å²) in [5.74, 6) is 0.227. The van der Waals surface area contributed by atoms with Gasteiger partial charge < -0.3 is 25.8 Å². The van der Waals surface area contributed by atoms with Crippen molar-refractivity contribution >= 4 is 35.0 Å². The van der Waals surface area contributed by atoms with Gasteiger partial charge in [0.2, 0.25) is 18.1 Å². The van der Waals surface area contributed by atoms with Crippen LogP contribution in [0.1, 0.15) is 32.3 Å². The third-order valence-corrected chi connectivity index (χ3v) is 6.77. The van der Waals surface area contributed by atoms with Crippen molar-refractivity contribution < 1.29 is 14.0 Å². The number of anilines is 3. The molecule has 0 radical (unpaired) electrons. The standard InChI is InChI=1S/C27H32FN7O2/c1-17(2)24-15-34(27(37)31-21-7-4-6-20(28)14-21)12-13-35(24)26(30-16-29)33-23-9-5-8-22(18(23)3)32-25(36)19-10-11-19/h4-9,14,17,19,24H,10-13,15H2,1-3H3,(H,30,33)(H,31,37)(H,32,36). The fourth-order valence-electron chi connectivity index (χ4n) is 4.42. The summed E-state index contributed by atoms with van der Waals surface area (Å²) in [7, 11) is 0. The molecule has 194 valence electrons. The van der Waals surface area contributed by atoms with Crippen molar-refractivity contribution in [3.8, 4) is 6.19 Å². The van der Waals surface area contributed by atoms with Gasteiger partial charge in [-0.1, -0.05) is 26.0 Å². The first kappa shape index (κ1) is 25.9. The number of guanidine groups is 1. The molecule has 9 nitrogen and oxygen atoms in total. The summed E-state index contributed by atoms with van der Waals surface area (Å²) in [6.45, 7) is 7.26. The van der Waals surface area contributed by atoms with Gasteiger partial charge in [-0.15, -0.1) is 4.99 Å². The van der Waals surface area contributed by atoms with Crippen molar-refractivity contribution in [1.29, 1.82) is 5.26 Å². The number of amides is 3. The normalized spacial score (nSPS) is 17.8. The molecule has 0 spiro atoms. The second-order valence-electron chi connectivity index (χ2n) is 9.79. The quantitative estimate of drug-likeness (QED) is 0.312. The van der Waals surface area contributed by atoms with Crippen LogP contribution < -0.4 is 16.0 Å². The minimum absolute atomic E-state index is 0.0266. The van der Waals surface area contributed by atoms with Crippen molar-refractivity contribution in [2.24, 2.45) is 16.8 Å². The van der Waals surface area contributed by atoms with Crippen LogP contribution in [-0.4, -0.2) is 53.4 Å². The first-order valence-electron chi connectivity index (χ1n) is 12.5. The predicted molar refractivity (Wildman–Crippen MR) is 142 cm³/mol. The second-order valence-corrected chi connectivity index (χ2v) is 9.79. The van der Waals surface area contributed by atoms with Gasteiger partial charge in [0, 0.05) is 42.6 Å². The minimum Gasteiger partial charge on any atom is -0.335 e. The number of piperazine rings is 1. The number of hydrogen-bond donors (Lipinski definition) is 3. The van der Waals surface area contributed by atoms with Gasteiger partial charge in [0.15, 0.2) is 0 Å². The van der Waals surface area contributed by atoms with E-state index in [2.05, 4.69) is 34.8 Å². The first-order valence-corrected chi connectivity index (χ1v) is 12.5. The summed E-state index contributed by atoms with van der Waals surface area (Å²) >= 11 is 0. The maximum absolute atomic E-state index is 13.5. The number of rotatable bonds is 5. The molecule has 1 saturated carbocycles. The lowest BCUT2D eigenvalue weighted by Gasteiger charge is -2.44. The van der Waals surface area contributed by atoms with Crippen LogP contribution in [0, 0.1) is 36.0 Å². The molecular weight excluding hydrogens is 473 g/mol. The van der Waals surface area contributed by atoms with Crippen LogP contribution in [-0.2, 0) is 4.79 Å². The molecule has 2 fully saturated rings. The van der Waals surface area contributed by atoms with Crippen molar-refractivity contribution in [1.82, 2.24) is 9.80 Å². The average Bonchev–Trinajstić information content (AvgIpc) is 3.71. The molecule has 1 saturated heterocycles. The average molecular weight is 506 g/mol. The lowest BCUT2D eigenvalue weighted by molar-refractivity contribution is -0.117. The van der Waals surface area contributed by atoms with Gasteiger partial charge in [0.05, 0.1) is 6.04 Å². The van der Waals surface area contributed by atoms with Crippen molar-refractivity contribution in [3.05, 3.63) is 53.8 Å². The van der Waals surface area contributed by atoms with E-state index in [0.29, 0.717) is 31.3 Å². The molecule has 1 heterocycles. The number of halogens is 1. The molecule has 0 bridgehead atoms. The lowest BCUT2D eigenvalue weighted by atomic mass is 10.00. The zero-order valence-electron chi connectivity index (χ0n) is 21.3. The number of nitrogens with zero attached hydrogens (tertiary/aromatic N) is 4. The number of benzene rings is 2. The summed E-state index contributed by atoms with van der Waals surface area (Å²) < 4.78 is 13.5. The van der Waals surface area contributed by atoms with Crippen molar-refractivity contribution in [2.45, 2.75) is 39.7 Å². The number of urea groups is 1. The van der Waals surface area contributed by atoms with Crippen molar-refractivity contribution in [3.63, 3.8) is 0 Å². The van der Waals surface area contributed by atoms with Crippen molar-refractivity contribution in [2.75, 3.05) is 35.6 Å². The van der Waals surface area contributed by atoms with Gasteiger partial charge in [-0.25, -0.2) is 9.18 Å². The fraction of sp³-hybridized carbons (Fsp3) is 0.407. The largest absolute Gasteiger partial charge is 0.335 e. The highest BCUT2D eigenvalue weighted by Crippen LogP contribution is 2.32. The number of nitrogens with one attached hydrogen (secondary N) is 3. The van der Waals surface area contributed by atoms with Crippen LogP contribution in [0.25, 0.3) is 0 Å². The van der Waals surface area contributed by atoms with E-state index in [1.165, 1.54) is 12.1 Å². The summed E-state index contributed by atoms with van der Waals surface area (Å²) in [5.41, 5.74) is 2.69. The molecule has 4 rings (SSSR count). The number of hydrogen-bond acceptors (Lipinski definition) is 4. The molecule has 0 aromatic heterocycles. The Morgan fingerprint density at radius 2 is 1.78 bits per heavy atom. The van der Waals surface area contributed by atoms with Gasteiger partial charge in [-0.3, -0.25) is 4.79 Å². The van der Waals surface area contributed by atoms with Crippen LogP contribution in [0.4, 0.5) is 26.2 Å². The number of aliphatic imine (C=N–C) groups is 1. The number of carbonyl (C=O) groups is 2. The molecule has 1 aliphatic heterocycles. The molecule has 1 unspecified atom stereocenters. The van der Waals surface area contributed by atoms with Gasteiger partial charge >= 0.3 is 6.03 Å². The highest BCUT2D eigenvalue weighted by molar-refractivity contribution is 5.99. The number of carbonyl (C=O) groups excluding carboxylic acids is 2. The van der Waals surface area contributed by atoms with E-state index >= 15 is 0 Å². The van der Waals surface area contributed by atoms with Crippen LogP contribution >= 0.6 is 0 Å². The van der Waals surface area contributed by atoms with Crippen LogP contribution in [0.2, 0.25) is 0 Å². The molecule has 3 amide bonds. The van der Waals surface area contributed by atoms with Gasteiger partial charge in [0.25, 0.3) is 0 Å². The predicted octanol–water partition coefficient (Wildman–Crippen LogP) is 4.61. The maximum Gasteiger partial charge on any atom is 0.321 e. The van der Waals surface area contributed by atoms with Gasteiger partial charge in [-0.2, -0.15) is 5.26 Å². The lowest BCUT2D eigenvalue weighted by Crippen LogP contribution is -2.60. The van der Waals surface area contributed by atoms with Crippen LogP contribution in [0.3, 0.4) is 0 Å². The number of nitriles is 1. The highest BCUT2D eigenvalue weighted by atomic mass is 19.1. The zero-order chi connectivity index (χ0) is 26.5. The molecular formula is C27H32FN7O2. The molecule has 3 N–H and O–H groups in total. The van der Waals surface area contributed by atoms with E-state index in [1.54, 1.807) is 17.0 Å². The van der Waals surface area contributed by atoms with E-state index in [4.69, 9.17) is 0 Å². The monoisotopic (exact) mass is 505 g/mol. The Bertz CT molecular complexity index is 1240. The second kappa shape index (κ2) is 11.3. The third-order valence-electron chi connectivity index (χ3n) is 6.77. The van der Waals surface area contributed by atoms with E-state index in [-0.39, 0.29) is 29.8 Å². The van der Waals surface area contributed by atoms with Gasteiger partial charge in [0.1, 0.15) is 5.82 Å². The Balaban J connectivity index is 1.49. The summed E-state index contributed by atoms with van der Waals surface area (Å²) in [5, 5.41) is 18.5. The van der Waals surface area contributed by atoms with E-state index < -0.39 is 5.82 Å². The first-order chi connectivity index (χ1) is 17.8. The molecule has 10 heteroatoms. The molecule has 1 atom stereocenters. The van der Waals surface area contributed by atoms with Crippen LogP contribution in [0.15, 0.2) is 47.5 Å². The maximum atomic E-state index is 13.5. The van der Waals surface area contributed by atoms with E-state index in [1.807, 2.05) is 36.2 Å². The Morgan fingerprint density at radius 1 is 1.08 bits per heavy atom. The smallest absolute Gasteiger partial charge is 0.321 e.